The number of fused-ring (bicyclic) bond motifs is 1. The fraction of sp³-hybridized carbons (Fsp3) is 0. The Kier molecular flexibility index (Phi) is 2.79. The molecule has 0 radical (unpaired) electrons. The molecule has 3 aromatic rings. The Morgan fingerprint density at radius 3 is 2.63 bits per heavy atom. The second-order valence-corrected chi connectivity index (χ2v) is 4.01. The minimum atomic E-state index is -0.911. The molecule has 3 nitrogen and oxygen atoms in total. The summed E-state index contributed by atoms with van der Waals surface area (Å²) in [6.45, 7) is 0. The summed E-state index contributed by atoms with van der Waals surface area (Å²) in [6.07, 6.45) is 1.67. The van der Waals surface area contributed by atoms with Crippen LogP contribution in [0.2, 0.25) is 0 Å². The third kappa shape index (κ3) is 2.35. The third-order valence-electron chi connectivity index (χ3n) is 2.66. The molecule has 0 amide bonds. The summed E-state index contributed by atoms with van der Waals surface area (Å²) in [6, 6.07) is 11.1. The monoisotopic (exact) mass is 257 g/mol. The van der Waals surface area contributed by atoms with Gasteiger partial charge in [-0.05, 0) is 18.2 Å². The number of benzene rings is 2. The lowest BCUT2D eigenvalue weighted by atomic mass is 10.2. The van der Waals surface area contributed by atoms with Crippen LogP contribution in [0, 0.1) is 11.6 Å². The molecule has 0 atom stereocenters. The van der Waals surface area contributed by atoms with Crippen molar-refractivity contribution < 1.29 is 8.78 Å². The van der Waals surface area contributed by atoms with Crippen LogP contribution in [0.1, 0.15) is 0 Å². The minimum absolute atomic E-state index is 0.338. The number of aromatic nitrogens is 2. The van der Waals surface area contributed by atoms with E-state index in [1.165, 1.54) is 6.07 Å². The molecule has 0 unspecified atom stereocenters. The maximum Gasteiger partial charge on any atom is 0.227 e. The Morgan fingerprint density at radius 2 is 1.79 bits per heavy atom. The molecule has 0 saturated heterocycles. The normalized spacial score (nSPS) is 10.6. The fourth-order valence-electron chi connectivity index (χ4n) is 1.74. The first kappa shape index (κ1) is 11.5. The highest BCUT2D eigenvalue weighted by atomic mass is 19.2. The Bertz CT molecular complexity index is 744. The van der Waals surface area contributed by atoms with Gasteiger partial charge in [0.15, 0.2) is 11.6 Å². The van der Waals surface area contributed by atoms with Crippen LogP contribution < -0.4 is 5.32 Å². The molecule has 1 heterocycles. The zero-order chi connectivity index (χ0) is 13.2. The SMILES string of the molecule is Fc1ccc(Nc2ncc3ccccc3n2)cc1F. The Hall–Kier alpha value is -2.56. The number of nitrogens with zero attached hydrogens (tertiary/aromatic N) is 2. The molecule has 0 aliphatic heterocycles. The zero-order valence-corrected chi connectivity index (χ0v) is 9.77. The second kappa shape index (κ2) is 4.61. The van der Waals surface area contributed by atoms with Gasteiger partial charge in [-0.15, -0.1) is 0 Å². The van der Waals surface area contributed by atoms with Gasteiger partial charge in [-0.3, -0.25) is 0 Å². The summed E-state index contributed by atoms with van der Waals surface area (Å²) >= 11 is 0. The van der Waals surface area contributed by atoms with Crippen molar-refractivity contribution in [3.63, 3.8) is 0 Å². The summed E-state index contributed by atoms with van der Waals surface area (Å²) in [5.41, 5.74) is 1.18. The summed E-state index contributed by atoms with van der Waals surface area (Å²) in [4.78, 5) is 8.40. The molecule has 0 aliphatic carbocycles. The van der Waals surface area contributed by atoms with Crippen LogP contribution in [0.15, 0.2) is 48.7 Å². The van der Waals surface area contributed by atoms with Crippen LogP contribution in [0.4, 0.5) is 20.4 Å². The molecule has 0 fully saturated rings. The highest BCUT2D eigenvalue weighted by Crippen LogP contribution is 2.18. The van der Waals surface area contributed by atoms with Crippen molar-refractivity contribution in [1.29, 1.82) is 0 Å². The van der Waals surface area contributed by atoms with Crippen LogP contribution in [0.25, 0.3) is 10.9 Å². The molecule has 0 spiro atoms. The van der Waals surface area contributed by atoms with E-state index in [9.17, 15) is 8.78 Å². The van der Waals surface area contributed by atoms with Crippen LogP contribution >= 0.6 is 0 Å². The molecular weight excluding hydrogens is 248 g/mol. The van der Waals surface area contributed by atoms with E-state index in [-0.39, 0.29) is 0 Å². The van der Waals surface area contributed by atoms with E-state index in [4.69, 9.17) is 0 Å². The smallest absolute Gasteiger partial charge is 0.227 e. The second-order valence-electron chi connectivity index (χ2n) is 4.01. The molecule has 2 aromatic carbocycles. The Morgan fingerprint density at radius 1 is 0.947 bits per heavy atom. The lowest BCUT2D eigenvalue weighted by Gasteiger charge is -2.05. The van der Waals surface area contributed by atoms with Gasteiger partial charge in [-0.25, -0.2) is 18.7 Å². The molecule has 5 heteroatoms. The Labute approximate surface area is 107 Å². The lowest BCUT2D eigenvalue weighted by molar-refractivity contribution is 0.509. The van der Waals surface area contributed by atoms with Crippen molar-refractivity contribution in [3.8, 4) is 0 Å². The quantitative estimate of drug-likeness (QED) is 0.761. The number of para-hydroxylation sites is 1. The number of hydrogen-bond acceptors (Lipinski definition) is 3. The molecule has 0 bridgehead atoms. The molecular formula is C14H9F2N3. The summed E-state index contributed by atoms with van der Waals surface area (Å²) in [5.74, 6) is -1.46. The third-order valence-corrected chi connectivity index (χ3v) is 2.66. The summed E-state index contributed by atoms with van der Waals surface area (Å²) in [5, 5.41) is 3.75. The van der Waals surface area contributed by atoms with E-state index in [2.05, 4.69) is 15.3 Å². The van der Waals surface area contributed by atoms with Gasteiger partial charge in [-0.2, -0.15) is 0 Å². The summed E-state index contributed by atoms with van der Waals surface area (Å²) < 4.78 is 25.9. The van der Waals surface area contributed by atoms with Crippen LogP contribution in [-0.4, -0.2) is 9.97 Å². The highest BCUT2D eigenvalue weighted by Gasteiger charge is 2.04. The average Bonchev–Trinajstić information content (AvgIpc) is 2.43. The molecule has 3 rings (SSSR count). The number of hydrogen-bond donors (Lipinski definition) is 1. The molecule has 0 saturated carbocycles. The highest BCUT2D eigenvalue weighted by molar-refractivity contribution is 5.78. The maximum absolute atomic E-state index is 13.1. The van der Waals surface area contributed by atoms with Gasteiger partial charge in [0.1, 0.15) is 0 Å². The van der Waals surface area contributed by atoms with Gasteiger partial charge in [0.05, 0.1) is 5.52 Å². The van der Waals surface area contributed by atoms with Gasteiger partial charge in [-0.1, -0.05) is 18.2 Å². The van der Waals surface area contributed by atoms with E-state index in [1.54, 1.807) is 6.20 Å². The Balaban J connectivity index is 1.94. The van der Waals surface area contributed by atoms with Gasteiger partial charge in [0.25, 0.3) is 0 Å². The summed E-state index contributed by atoms with van der Waals surface area (Å²) in [7, 11) is 0. The maximum atomic E-state index is 13.1. The van der Waals surface area contributed by atoms with Gasteiger partial charge >= 0.3 is 0 Å². The van der Waals surface area contributed by atoms with Crippen molar-refractivity contribution in [2.45, 2.75) is 0 Å². The number of anilines is 2. The predicted molar refractivity (Wildman–Crippen MR) is 69.2 cm³/mol. The van der Waals surface area contributed by atoms with E-state index >= 15 is 0 Å². The van der Waals surface area contributed by atoms with Gasteiger partial charge < -0.3 is 5.32 Å². The molecule has 94 valence electrons. The lowest BCUT2D eigenvalue weighted by Crippen LogP contribution is -1.98. The van der Waals surface area contributed by atoms with E-state index in [0.29, 0.717) is 11.6 Å². The minimum Gasteiger partial charge on any atom is -0.324 e. The fourth-order valence-corrected chi connectivity index (χ4v) is 1.74. The van der Waals surface area contributed by atoms with Crippen LogP contribution in [-0.2, 0) is 0 Å². The number of nitrogens with one attached hydrogen (secondary N) is 1. The van der Waals surface area contributed by atoms with Crippen LogP contribution in [0.5, 0.6) is 0 Å². The first-order chi connectivity index (χ1) is 9.22. The molecule has 1 N–H and O–H groups in total. The molecule has 0 aliphatic rings. The van der Waals surface area contributed by atoms with Gasteiger partial charge in [0.2, 0.25) is 5.95 Å². The van der Waals surface area contributed by atoms with Crippen molar-refractivity contribution >= 4 is 22.5 Å². The first-order valence-electron chi connectivity index (χ1n) is 5.66. The van der Waals surface area contributed by atoms with Crippen LogP contribution in [0.3, 0.4) is 0 Å². The van der Waals surface area contributed by atoms with Crippen molar-refractivity contribution in [2.24, 2.45) is 0 Å². The zero-order valence-electron chi connectivity index (χ0n) is 9.77. The van der Waals surface area contributed by atoms with E-state index in [1.807, 2.05) is 24.3 Å². The van der Waals surface area contributed by atoms with E-state index in [0.717, 1.165) is 23.0 Å². The van der Waals surface area contributed by atoms with Crippen molar-refractivity contribution in [2.75, 3.05) is 5.32 Å². The molecule has 1 aromatic heterocycles. The number of rotatable bonds is 2. The predicted octanol–water partition coefficient (Wildman–Crippen LogP) is 3.65. The van der Waals surface area contributed by atoms with Crippen molar-refractivity contribution in [1.82, 2.24) is 9.97 Å². The number of halogens is 2. The van der Waals surface area contributed by atoms with E-state index < -0.39 is 11.6 Å². The average molecular weight is 257 g/mol. The topological polar surface area (TPSA) is 37.8 Å². The first-order valence-corrected chi connectivity index (χ1v) is 5.66. The standard InChI is InChI=1S/C14H9F2N3/c15-11-6-5-10(7-12(11)16)18-14-17-8-9-3-1-2-4-13(9)19-14/h1-8H,(H,17,18,19). The van der Waals surface area contributed by atoms with Gasteiger partial charge in [0, 0.05) is 23.3 Å². The largest absolute Gasteiger partial charge is 0.324 e. The molecule has 19 heavy (non-hydrogen) atoms. The van der Waals surface area contributed by atoms with Crippen molar-refractivity contribution in [3.05, 3.63) is 60.3 Å².